The zero-order chi connectivity index (χ0) is 17.3. The SMILES string of the molecule is CN1CCO[C@@H](COc2ccc3oc(C(=O)C(C)(C)C)cc3c2)C1. The Balaban J connectivity index is 1.70. The maximum absolute atomic E-state index is 12.3. The number of hydrogen-bond acceptors (Lipinski definition) is 5. The molecule has 0 spiro atoms. The number of ketones is 1. The number of carbonyl (C=O) groups excluding carboxylic acids is 1. The highest BCUT2D eigenvalue weighted by atomic mass is 16.5. The third-order valence-electron chi connectivity index (χ3n) is 4.17. The zero-order valence-electron chi connectivity index (χ0n) is 14.8. The molecule has 1 fully saturated rings. The van der Waals surface area contributed by atoms with Gasteiger partial charge in [-0.05, 0) is 31.3 Å². The highest BCUT2D eigenvalue weighted by Crippen LogP contribution is 2.28. The smallest absolute Gasteiger partial charge is 0.203 e. The maximum Gasteiger partial charge on any atom is 0.203 e. The predicted molar refractivity (Wildman–Crippen MR) is 92.7 cm³/mol. The van der Waals surface area contributed by atoms with Gasteiger partial charge in [-0.25, -0.2) is 0 Å². The molecular formula is C19H25NO4. The number of carbonyl (C=O) groups is 1. The second kappa shape index (κ2) is 6.57. The molecule has 24 heavy (non-hydrogen) atoms. The summed E-state index contributed by atoms with van der Waals surface area (Å²) in [5.74, 6) is 1.15. The molecule has 0 bridgehead atoms. The molecule has 0 radical (unpaired) electrons. The van der Waals surface area contributed by atoms with E-state index in [4.69, 9.17) is 13.9 Å². The van der Waals surface area contributed by atoms with Gasteiger partial charge in [0.05, 0.1) is 6.61 Å². The van der Waals surface area contributed by atoms with Gasteiger partial charge in [0.2, 0.25) is 5.78 Å². The summed E-state index contributed by atoms with van der Waals surface area (Å²) >= 11 is 0. The molecule has 0 aliphatic carbocycles. The number of Topliss-reactive ketones (excluding diaryl/α,β-unsaturated/α-hetero) is 1. The lowest BCUT2D eigenvalue weighted by Crippen LogP contribution is -2.42. The van der Waals surface area contributed by atoms with Crippen molar-refractivity contribution in [1.29, 1.82) is 0 Å². The van der Waals surface area contributed by atoms with Gasteiger partial charge in [0, 0.05) is 23.9 Å². The van der Waals surface area contributed by atoms with Crippen LogP contribution in [0.5, 0.6) is 5.75 Å². The number of nitrogens with zero attached hydrogens (tertiary/aromatic N) is 1. The van der Waals surface area contributed by atoms with Gasteiger partial charge in [-0.15, -0.1) is 0 Å². The molecule has 2 heterocycles. The van der Waals surface area contributed by atoms with Crippen LogP contribution in [0, 0.1) is 5.41 Å². The summed E-state index contributed by atoms with van der Waals surface area (Å²) in [7, 11) is 2.08. The van der Waals surface area contributed by atoms with Crippen molar-refractivity contribution in [2.45, 2.75) is 26.9 Å². The van der Waals surface area contributed by atoms with E-state index in [2.05, 4.69) is 11.9 Å². The Morgan fingerprint density at radius 2 is 2.12 bits per heavy atom. The number of benzene rings is 1. The summed E-state index contributed by atoms with van der Waals surface area (Å²) in [5, 5.41) is 0.877. The third kappa shape index (κ3) is 3.79. The summed E-state index contributed by atoms with van der Waals surface area (Å²) in [4.78, 5) is 14.6. The van der Waals surface area contributed by atoms with Gasteiger partial charge in [-0.2, -0.15) is 0 Å². The lowest BCUT2D eigenvalue weighted by atomic mass is 9.89. The van der Waals surface area contributed by atoms with Gasteiger partial charge < -0.3 is 18.8 Å². The predicted octanol–water partition coefficient (Wildman–Crippen LogP) is 3.37. The average molecular weight is 331 g/mol. The summed E-state index contributed by atoms with van der Waals surface area (Å²) in [6.07, 6.45) is 0.0850. The first-order valence-corrected chi connectivity index (χ1v) is 8.34. The van der Waals surface area contributed by atoms with Crippen LogP contribution in [0.4, 0.5) is 0 Å². The van der Waals surface area contributed by atoms with Crippen molar-refractivity contribution in [2.75, 3.05) is 33.4 Å². The number of fused-ring (bicyclic) bond motifs is 1. The highest BCUT2D eigenvalue weighted by Gasteiger charge is 2.26. The molecule has 1 aliphatic heterocycles. The zero-order valence-corrected chi connectivity index (χ0v) is 14.8. The first kappa shape index (κ1) is 17.0. The average Bonchev–Trinajstić information content (AvgIpc) is 2.94. The van der Waals surface area contributed by atoms with Crippen LogP contribution in [0.25, 0.3) is 11.0 Å². The second-order valence-electron chi connectivity index (χ2n) is 7.46. The first-order valence-electron chi connectivity index (χ1n) is 8.34. The number of ether oxygens (including phenoxy) is 2. The molecule has 2 aromatic rings. The normalized spacial score (nSPS) is 19.6. The van der Waals surface area contributed by atoms with Crippen molar-refractivity contribution in [3.8, 4) is 5.75 Å². The number of likely N-dealkylation sites (N-methyl/N-ethyl adjacent to an activating group) is 1. The number of hydrogen-bond donors (Lipinski definition) is 0. The van der Waals surface area contributed by atoms with Crippen molar-refractivity contribution in [3.05, 3.63) is 30.0 Å². The molecule has 0 N–H and O–H groups in total. The van der Waals surface area contributed by atoms with Gasteiger partial charge in [-0.1, -0.05) is 20.8 Å². The lowest BCUT2D eigenvalue weighted by Gasteiger charge is -2.29. The van der Waals surface area contributed by atoms with Crippen LogP contribution in [-0.2, 0) is 4.74 Å². The van der Waals surface area contributed by atoms with E-state index in [9.17, 15) is 4.79 Å². The molecule has 0 saturated carbocycles. The van der Waals surface area contributed by atoms with E-state index in [1.807, 2.05) is 39.0 Å². The fourth-order valence-electron chi connectivity index (χ4n) is 2.75. The Morgan fingerprint density at radius 3 is 2.83 bits per heavy atom. The van der Waals surface area contributed by atoms with Gasteiger partial charge in [0.1, 0.15) is 24.0 Å². The number of furan rings is 1. The topological polar surface area (TPSA) is 51.9 Å². The Morgan fingerprint density at radius 1 is 1.33 bits per heavy atom. The van der Waals surface area contributed by atoms with Gasteiger partial charge in [0.25, 0.3) is 0 Å². The van der Waals surface area contributed by atoms with Crippen LogP contribution in [0.3, 0.4) is 0 Å². The van der Waals surface area contributed by atoms with Gasteiger partial charge >= 0.3 is 0 Å². The molecule has 1 aromatic heterocycles. The Kier molecular flexibility index (Phi) is 4.65. The summed E-state index contributed by atoms with van der Waals surface area (Å²) in [6, 6.07) is 7.41. The Labute approximate surface area is 142 Å². The van der Waals surface area contributed by atoms with Crippen LogP contribution in [0.1, 0.15) is 31.3 Å². The molecular weight excluding hydrogens is 306 g/mol. The highest BCUT2D eigenvalue weighted by molar-refractivity contribution is 6.00. The minimum atomic E-state index is -0.461. The van der Waals surface area contributed by atoms with E-state index in [0.717, 1.165) is 30.8 Å². The molecule has 5 heteroatoms. The maximum atomic E-state index is 12.3. The van der Waals surface area contributed by atoms with Crippen LogP contribution in [0.2, 0.25) is 0 Å². The molecule has 0 unspecified atom stereocenters. The minimum Gasteiger partial charge on any atom is -0.491 e. The summed E-state index contributed by atoms with van der Waals surface area (Å²) < 4.78 is 17.2. The van der Waals surface area contributed by atoms with Crippen LogP contribution >= 0.6 is 0 Å². The van der Waals surface area contributed by atoms with Crippen molar-refractivity contribution in [3.63, 3.8) is 0 Å². The third-order valence-corrected chi connectivity index (χ3v) is 4.17. The quantitative estimate of drug-likeness (QED) is 0.804. The van der Waals surface area contributed by atoms with Crippen LogP contribution < -0.4 is 4.74 Å². The standard InChI is InChI=1S/C19H25NO4/c1-19(2,3)18(21)17-10-13-9-14(5-6-16(13)24-17)23-12-15-11-20(4)7-8-22-15/h5-6,9-10,15H,7-8,11-12H2,1-4H3/t15-/m1/s1. The monoisotopic (exact) mass is 331 g/mol. The van der Waals surface area contributed by atoms with Gasteiger partial charge in [-0.3, -0.25) is 4.79 Å². The fourth-order valence-corrected chi connectivity index (χ4v) is 2.75. The Bertz CT molecular complexity index is 729. The van der Waals surface area contributed by atoms with Crippen LogP contribution in [0.15, 0.2) is 28.7 Å². The number of rotatable bonds is 4. The molecule has 1 aromatic carbocycles. The van der Waals surface area contributed by atoms with E-state index < -0.39 is 5.41 Å². The van der Waals surface area contributed by atoms with E-state index in [0.29, 0.717) is 18.0 Å². The summed E-state index contributed by atoms with van der Waals surface area (Å²) in [5.41, 5.74) is 0.237. The number of morpholine rings is 1. The minimum absolute atomic E-state index is 0.000175. The van der Waals surface area contributed by atoms with E-state index >= 15 is 0 Å². The Hall–Kier alpha value is -1.85. The molecule has 5 nitrogen and oxygen atoms in total. The van der Waals surface area contributed by atoms with Crippen LogP contribution in [-0.4, -0.2) is 50.1 Å². The molecule has 1 saturated heterocycles. The summed E-state index contributed by atoms with van der Waals surface area (Å²) in [6.45, 7) is 8.75. The van der Waals surface area contributed by atoms with Crippen molar-refractivity contribution >= 4 is 16.8 Å². The van der Waals surface area contributed by atoms with Gasteiger partial charge in [0.15, 0.2) is 5.76 Å². The molecule has 1 atom stereocenters. The fraction of sp³-hybridized carbons (Fsp3) is 0.526. The largest absolute Gasteiger partial charge is 0.491 e. The van der Waals surface area contributed by atoms with Crippen molar-refractivity contribution in [2.24, 2.45) is 5.41 Å². The van der Waals surface area contributed by atoms with E-state index in [-0.39, 0.29) is 11.9 Å². The lowest BCUT2D eigenvalue weighted by molar-refractivity contribution is -0.0403. The molecule has 130 valence electrons. The van der Waals surface area contributed by atoms with Crippen molar-refractivity contribution in [1.82, 2.24) is 4.90 Å². The molecule has 1 aliphatic rings. The van der Waals surface area contributed by atoms with Crippen molar-refractivity contribution < 1.29 is 18.7 Å². The van der Waals surface area contributed by atoms with E-state index in [1.165, 1.54) is 0 Å². The molecule has 3 rings (SSSR count). The van der Waals surface area contributed by atoms with E-state index in [1.54, 1.807) is 6.07 Å². The first-order chi connectivity index (χ1) is 11.3. The molecule has 0 amide bonds. The second-order valence-corrected chi connectivity index (χ2v) is 7.46.